The zero-order valence-electron chi connectivity index (χ0n) is 16.7. The lowest BCUT2D eigenvalue weighted by atomic mass is 9.88. The molecule has 7 heteroatoms. The summed E-state index contributed by atoms with van der Waals surface area (Å²) in [6.07, 6.45) is 2.25. The van der Waals surface area contributed by atoms with Crippen LogP contribution in [0.2, 0.25) is 0 Å². The van der Waals surface area contributed by atoms with Gasteiger partial charge in [0.25, 0.3) is 5.91 Å². The Morgan fingerprint density at radius 1 is 1.19 bits per heavy atom. The lowest BCUT2D eigenvalue weighted by Crippen LogP contribution is -2.55. The maximum atomic E-state index is 12.8. The van der Waals surface area contributed by atoms with Crippen LogP contribution in [-0.2, 0) is 9.59 Å². The maximum Gasteiger partial charge on any atom is 0.262 e. The molecule has 27 heavy (non-hydrogen) atoms. The molecule has 150 valence electrons. The normalized spacial score (nSPS) is 17.4. The molecule has 2 atom stereocenters. The van der Waals surface area contributed by atoms with Crippen molar-refractivity contribution in [3.8, 4) is 0 Å². The maximum absolute atomic E-state index is 12.8. The molecular weight excluding hydrogens is 362 g/mol. The van der Waals surface area contributed by atoms with Gasteiger partial charge in [-0.15, -0.1) is 11.3 Å². The van der Waals surface area contributed by atoms with Gasteiger partial charge in [0.15, 0.2) is 0 Å². The SMILES string of the molecule is CC[C@@H](C)NC(=O)[C@@H](NC(=O)c1cccs1)C1CCN(C(=O)C(C)C)CC1. The number of hydrogen-bond donors (Lipinski definition) is 2. The van der Waals surface area contributed by atoms with Crippen LogP contribution >= 0.6 is 11.3 Å². The largest absolute Gasteiger partial charge is 0.352 e. The molecule has 0 aromatic carbocycles. The first-order chi connectivity index (χ1) is 12.8. The first-order valence-corrected chi connectivity index (χ1v) is 10.6. The minimum Gasteiger partial charge on any atom is -0.352 e. The molecule has 3 amide bonds. The number of rotatable bonds is 7. The summed E-state index contributed by atoms with van der Waals surface area (Å²) in [4.78, 5) is 40.0. The highest BCUT2D eigenvalue weighted by Crippen LogP contribution is 2.23. The van der Waals surface area contributed by atoms with Crippen LogP contribution in [0.3, 0.4) is 0 Å². The lowest BCUT2D eigenvalue weighted by molar-refractivity contribution is -0.136. The predicted molar refractivity (Wildman–Crippen MR) is 108 cm³/mol. The summed E-state index contributed by atoms with van der Waals surface area (Å²) in [7, 11) is 0. The number of carbonyl (C=O) groups is 3. The summed E-state index contributed by atoms with van der Waals surface area (Å²) in [6, 6.07) is 3.06. The van der Waals surface area contributed by atoms with Crippen LogP contribution in [0, 0.1) is 11.8 Å². The van der Waals surface area contributed by atoms with Crippen molar-refractivity contribution in [1.29, 1.82) is 0 Å². The van der Waals surface area contributed by atoms with E-state index in [2.05, 4.69) is 10.6 Å². The summed E-state index contributed by atoms with van der Waals surface area (Å²) in [5.74, 6) is -0.201. The van der Waals surface area contributed by atoms with E-state index in [-0.39, 0.29) is 35.6 Å². The van der Waals surface area contributed by atoms with Gasteiger partial charge in [-0.25, -0.2) is 0 Å². The predicted octanol–water partition coefficient (Wildman–Crippen LogP) is 2.66. The van der Waals surface area contributed by atoms with Crippen LogP contribution in [0.5, 0.6) is 0 Å². The fraction of sp³-hybridized carbons (Fsp3) is 0.650. The van der Waals surface area contributed by atoms with Gasteiger partial charge in [-0.3, -0.25) is 14.4 Å². The number of nitrogens with zero attached hydrogens (tertiary/aromatic N) is 1. The Bertz CT molecular complexity index is 637. The smallest absolute Gasteiger partial charge is 0.262 e. The van der Waals surface area contributed by atoms with E-state index < -0.39 is 6.04 Å². The molecule has 1 aromatic rings. The van der Waals surface area contributed by atoms with Crippen LogP contribution in [0.25, 0.3) is 0 Å². The van der Waals surface area contributed by atoms with E-state index in [1.54, 1.807) is 6.07 Å². The molecule has 0 saturated carbocycles. The quantitative estimate of drug-likeness (QED) is 0.747. The number of piperidine rings is 1. The minimum atomic E-state index is -0.579. The van der Waals surface area contributed by atoms with Gasteiger partial charge in [0.2, 0.25) is 11.8 Å². The van der Waals surface area contributed by atoms with Gasteiger partial charge in [0.1, 0.15) is 6.04 Å². The van der Waals surface area contributed by atoms with E-state index in [1.807, 2.05) is 44.0 Å². The molecule has 6 nitrogen and oxygen atoms in total. The van der Waals surface area contributed by atoms with Crippen molar-refractivity contribution in [3.63, 3.8) is 0 Å². The molecule has 1 saturated heterocycles. The number of hydrogen-bond acceptors (Lipinski definition) is 4. The molecule has 1 aliphatic heterocycles. The molecule has 0 aliphatic carbocycles. The zero-order valence-corrected chi connectivity index (χ0v) is 17.5. The van der Waals surface area contributed by atoms with Gasteiger partial charge < -0.3 is 15.5 Å². The van der Waals surface area contributed by atoms with Crippen LogP contribution < -0.4 is 10.6 Å². The number of amides is 3. The molecule has 2 heterocycles. The lowest BCUT2D eigenvalue weighted by Gasteiger charge is -2.36. The Labute approximate surface area is 165 Å². The topological polar surface area (TPSA) is 78.5 Å². The minimum absolute atomic E-state index is 0.0224. The van der Waals surface area contributed by atoms with Gasteiger partial charge >= 0.3 is 0 Å². The van der Waals surface area contributed by atoms with Crippen LogP contribution in [0.15, 0.2) is 17.5 Å². The Hall–Kier alpha value is -1.89. The van der Waals surface area contributed by atoms with Crippen LogP contribution in [0.4, 0.5) is 0 Å². The summed E-state index contributed by atoms with van der Waals surface area (Å²) < 4.78 is 0. The molecule has 1 aliphatic rings. The molecule has 0 radical (unpaired) electrons. The van der Waals surface area contributed by atoms with E-state index in [9.17, 15) is 14.4 Å². The Balaban J connectivity index is 2.06. The monoisotopic (exact) mass is 393 g/mol. The first kappa shape index (κ1) is 21.4. The fourth-order valence-corrected chi connectivity index (χ4v) is 3.90. The summed E-state index contributed by atoms with van der Waals surface area (Å²) in [5.41, 5.74) is 0. The summed E-state index contributed by atoms with van der Waals surface area (Å²) >= 11 is 1.36. The molecule has 2 N–H and O–H groups in total. The summed E-state index contributed by atoms with van der Waals surface area (Å²) in [6.45, 7) is 9.03. The van der Waals surface area contributed by atoms with E-state index in [0.717, 1.165) is 6.42 Å². The highest BCUT2D eigenvalue weighted by molar-refractivity contribution is 7.12. The zero-order chi connectivity index (χ0) is 20.0. The Morgan fingerprint density at radius 2 is 1.85 bits per heavy atom. The van der Waals surface area contributed by atoms with Crippen molar-refractivity contribution < 1.29 is 14.4 Å². The van der Waals surface area contributed by atoms with Crippen LogP contribution in [-0.4, -0.2) is 47.8 Å². The van der Waals surface area contributed by atoms with Crippen molar-refractivity contribution >= 4 is 29.1 Å². The number of nitrogens with one attached hydrogen (secondary N) is 2. The second-order valence-corrected chi connectivity index (χ2v) is 8.51. The molecule has 1 aromatic heterocycles. The highest BCUT2D eigenvalue weighted by Gasteiger charge is 2.34. The molecule has 1 fully saturated rings. The number of thiophene rings is 1. The van der Waals surface area contributed by atoms with E-state index >= 15 is 0 Å². The van der Waals surface area contributed by atoms with Crippen molar-refractivity contribution in [2.45, 2.75) is 59.0 Å². The molecular formula is C20H31N3O3S. The molecule has 2 rings (SSSR count). The third kappa shape index (κ3) is 5.79. The Morgan fingerprint density at radius 3 is 2.37 bits per heavy atom. The second kappa shape index (κ2) is 9.88. The van der Waals surface area contributed by atoms with E-state index in [0.29, 0.717) is 30.8 Å². The molecule has 0 unspecified atom stereocenters. The van der Waals surface area contributed by atoms with Crippen molar-refractivity contribution in [1.82, 2.24) is 15.5 Å². The highest BCUT2D eigenvalue weighted by atomic mass is 32.1. The fourth-order valence-electron chi connectivity index (χ4n) is 3.27. The van der Waals surface area contributed by atoms with E-state index in [1.165, 1.54) is 11.3 Å². The molecule has 0 bridgehead atoms. The average Bonchev–Trinajstić information content (AvgIpc) is 3.20. The van der Waals surface area contributed by atoms with Crippen molar-refractivity contribution in [2.75, 3.05) is 13.1 Å². The number of carbonyl (C=O) groups excluding carboxylic acids is 3. The van der Waals surface area contributed by atoms with Gasteiger partial charge in [0, 0.05) is 25.0 Å². The van der Waals surface area contributed by atoms with Crippen molar-refractivity contribution in [2.24, 2.45) is 11.8 Å². The average molecular weight is 394 g/mol. The molecule has 0 spiro atoms. The van der Waals surface area contributed by atoms with Crippen LogP contribution in [0.1, 0.15) is 56.6 Å². The third-order valence-corrected chi connectivity index (χ3v) is 6.00. The van der Waals surface area contributed by atoms with Gasteiger partial charge in [-0.2, -0.15) is 0 Å². The number of likely N-dealkylation sites (tertiary alicyclic amines) is 1. The second-order valence-electron chi connectivity index (χ2n) is 7.56. The third-order valence-electron chi connectivity index (χ3n) is 5.13. The summed E-state index contributed by atoms with van der Waals surface area (Å²) in [5, 5.41) is 7.79. The standard InChI is InChI=1S/C20H31N3O3S/c1-5-14(4)21-19(25)17(22-18(24)16-7-6-12-27-16)15-8-10-23(11-9-15)20(26)13(2)3/h6-7,12-15,17H,5,8-11H2,1-4H3,(H,21,25)(H,22,24)/t14-,17+/m1/s1. The van der Waals surface area contributed by atoms with Gasteiger partial charge in [-0.1, -0.05) is 26.8 Å². The van der Waals surface area contributed by atoms with Gasteiger partial charge in [0.05, 0.1) is 4.88 Å². The Kier molecular flexibility index (Phi) is 7.83. The first-order valence-electron chi connectivity index (χ1n) is 9.77. The van der Waals surface area contributed by atoms with E-state index in [4.69, 9.17) is 0 Å². The van der Waals surface area contributed by atoms with Gasteiger partial charge in [-0.05, 0) is 43.6 Å². The van der Waals surface area contributed by atoms with Crippen molar-refractivity contribution in [3.05, 3.63) is 22.4 Å².